The minimum absolute atomic E-state index is 0.125. The molecule has 0 saturated carbocycles. The molecule has 1 unspecified atom stereocenters. The van der Waals surface area contributed by atoms with Crippen LogP contribution in [0, 0.1) is 0 Å². The second-order valence-corrected chi connectivity index (χ2v) is 8.54. The Morgan fingerprint density at radius 1 is 1.19 bits per heavy atom. The highest BCUT2D eigenvalue weighted by molar-refractivity contribution is 7.99. The van der Waals surface area contributed by atoms with Crippen molar-refractivity contribution in [1.29, 1.82) is 0 Å². The van der Waals surface area contributed by atoms with Crippen LogP contribution in [-0.4, -0.2) is 38.3 Å². The van der Waals surface area contributed by atoms with Crippen molar-refractivity contribution in [3.05, 3.63) is 47.5 Å². The fraction of sp³-hybridized carbons (Fsp3) is 0.400. The van der Waals surface area contributed by atoms with Gasteiger partial charge in [0.15, 0.2) is 23.6 Å². The summed E-state index contributed by atoms with van der Waals surface area (Å²) in [6.45, 7) is 3.27. The molecule has 2 aliphatic heterocycles. The highest BCUT2D eigenvalue weighted by Crippen LogP contribution is 2.41. The van der Waals surface area contributed by atoms with Crippen LogP contribution in [0.5, 0.6) is 23.0 Å². The molecule has 2 aliphatic rings. The minimum atomic E-state index is -0.275. The second-order valence-electron chi connectivity index (χ2n) is 7.57. The van der Waals surface area contributed by atoms with Gasteiger partial charge in [0.05, 0.1) is 30.8 Å². The average molecular weight is 457 g/mol. The zero-order valence-corrected chi connectivity index (χ0v) is 19.2. The average Bonchev–Trinajstić information content (AvgIpc) is 3.29. The number of allylic oxidation sites excluding steroid dienone is 1. The van der Waals surface area contributed by atoms with Crippen molar-refractivity contribution < 1.29 is 28.5 Å². The van der Waals surface area contributed by atoms with Crippen LogP contribution < -0.4 is 18.9 Å². The zero-order chi connectivity index (χ0) is 22.3. The van der Waals surface area contributed by atoms with Crippen molar-refractivity contribution in [1.82, 2.24) is 0 Å². The van der Waals surface area contributed by atoms with Gasteiger partial charge in [0.25, 0.3) is 0 Å². The quantitative estimate of drug-likeness (QED) is 0.353. The summed E-state index contributed by atoms with van der Waals surface area (Å²) in [5, 5.41) is 0. The van der Waals surface area contributed by atoms with Crippen LogP contribution in [0.3, 0.4) is 0 Å². The number of hydrogen-bond donors (Lipinski definition) is 0. The van der Waals surface area contributed by atoms with E-state index in [9.17, 15) is 4.79 Å². The molecule has 1 fully saturated rings. The predicted molar refractivity (Wildman–Crippen MR) is 124 cm³/mol. The van der Waals surface area contributed by atoms with Gasteiger partial charge in [-0.25, -0.2) is 0 Å². The standard InChI is InChI=1S/C25H28O6S/c1-3-11-28-21-15-23-24(32-16-30-23)14-18(21)19(26)9-7-17-8-10-20(27-2)22(13-17)31-25-6-4-5-12-29-25/h7-10,13-15,25H,3-6,11-12,16H2,1-2H3/b9-7+. The maximum atomic E-state index is 13.0. The first-order valence-electron chi connectivity index (χ1n) is 10.9. The predicted octanol–water partition coefficient (Wildman–Crippen LogP) is 5.73. The normalized spacial score (nSPS) is 17.6. The van der Waals surface area contributed by atoms with Gasteiger partial charge in [-0.2, -0.15) is 0 Å². The molecule has 1 atom stereocenters. The molecule has 0 aliphatic carbocycles. The molecule has 2 heterocycles. The molecule has 0 spiro atoms. The monoisotopic (exact) mass is 456 g/mol. The Morgan fingerprint density at radius 3 is 2.88 bits per heavy atom. The number of thioether (sulfide) groups is 1. The smallest absolute Gasteiger partial charge is 0.200 e. The summed E-state index contributed by atoms with van der Waals surface area (Å²) in [7, 11) is 1.61. The Kier molecular flexibility index (Phi) is 7.60. The van der Waals surface area contributed by atoms with Gasteiger partial charge < -0.3 is 23.7 Å². The summed E-state index contributed by atoms with van der Waals surface area (Å²) in [6, 6.07) is 9.25. The maximum Gasteiger partial charge on any atom is 0.200 e. The molecule has 0 amide bonds. The lowest BCUT2D eigenvalue weighted by atomic mass is 10.1. The Hall–Kier alpha value is -2.64. The van der Waals surface area contributed by atoms with Gasteiger partial charge in [-0.1, -0.05) is 30.8 Å². The molecular formula is C25H28O6S. The molecule has 0 N–H and O–H groups in total. The van der Waals surface area contributed by atoms with Crippen LogP contribution in [0.4, 0.5) is 0 Å². The van der Waals surface area contributed by atoms with Crippen molar-refractivity contribution >= 4 is 23.6 Å². The summed E-state index contributed by atoms with van der Waals surface area (Å²) < 4.78 is 28.6. The highest BCUT2D eigenvalue weighted by Gasteiger charge is 2.21. The molecule has 0 bridgehead atoms. The molecule has 1 saturated heterocycles. The molecule has 2 aromatic rings. The third kappa shape index (κ3) is 5.40. The minimum Gasteiger partial charge on any atom is -0.493 e. The van der Waals surface area contributed by atoms with Crippen LogP contribution >= 0.6 is 11.8 Å². The largest absolute Gasteiger partial charge is 0.493 e. The topological polar surface area (TPSA) is 63.2 Å². The number of fused-ring (bicyclic) bond motifs is 1. The van der Waals surface area contributed by atoms with Crippen LogP contribution in [0.1, 0.15) is 48.5 Å². The van der Waals surface area contributed by atoms with E-state index < -0.39 is 0 Å². The zero-order valence-electron chi connectivity index (χ0n) is 18.4. The van der Waals surface area contributed by atoms with E-state index >= 15 is 0 Å². The number of rotatable bonds is 9. The first-order valence-corrected chi connectivity index (χ1v) is 11.9. The van der Waals surface area contributed by atoms with E-state index in [1.165, 1.54) is 0 Å². The summed E-state index contributed by atoms with van der Waals surface area (Å²) >= 11 is 1.57. The van der Waals surface area contributed by atoms with Crippen LogP contribution in [0.15, 0.2) is 41.3 Å². The van der Waals surface area contributed by atoms with E-state index in [1.807, 2.05) is 37.3 Å². The molecule has 4 rings (SSSR count). The molecule has 0 radical (unpaired) electrons. The molecule has 170 valence electrons. The fourth-order valence-electron chi connectivity index (χ4n) is 3.54. The van der Waals surface area contributed by atoms with Crippen molar-refractivity contribution in [3.8, 4) is 23.0 Å². The molecular weight excluding hydrogens is 428 g/mol. The van der Waals surface area contributed by atoms with Crippen molar-refractivity contribution in [2.45, 2.75) is 43.8 Å². The number of ketones is 1. The first-order chi connectivity index (χ1) is 15.7. The number of benzene rings is 2. The maximum absolute atomic E-state index is 13.0. The molecule has 0 aromatic heterocycles. The molecule has 6 nitrogen and oxygen atoms in total. The number of ether oxygens (including phenoxy) is 5. The van der Waals surface area contributed by atoms with Crippen molar-refractivity contribution in [3.63, 3.8) is 0 Å². The van der Waals surface area contributed by atoms with Gasteiger partial charge in [0, 0.05) is 12.5 Å². The van der Waals surface area contributed by atoms with Crippen LogP contribution in [0.2, 0.25) is 0 Å². The molecule has 7 heteroatoms. The SMILES string of the molecule is CCCOc1cc2c(cc1C(=O)/C=C/c1ccc(OC)c(OC3CCCCO3)c1)SCO2. The Morgan fingerprint density at radius 2 is 2.09 bits per heavy atom. The van der Waals surface area contributed by atoms with E-state index in [0.717, 1.165) is 41.9 Å². The summed E-state index contributed by atoms with van der Waals surface area (Å²) in [5.41, 5.74) is 1.37. The van der Waals surface area contributed by atoms with Gasteiger partial charge >= 0.3 is 0 Å². The van der Waals surface area contributed by atoms with Crippen LogP contribution in [0.25, 0.3) is 6.08 Å². The third-order valence-electron chi connectivity index (χ3n) is 5.21. The third-order valence-corrected chi connectivity index (χ3v) is 6.08. The number of hydrogen-bond acceptors (Lipinski definition) is 7. The Labute approximate surface area is 192 Å². The van der Waals surface area contributed by atoms with Crippen LogP contribution in [-0.2, 0) is 4.74 Å². The van der Waals surface area contributed by atoms with E-state index in [2.05, 4.69) is 0 Å². The van der Waals surface area contributed by atoms with E-state index in [-0.39, 0.29) is 12.1 Å². The lowest BCUT2D eigenvalue weighted by Crippen LogP contribution is -2.25. The lowest BCUT2D eigenvalue weighted by molar-refractivity contribution is -0.106. The Bertz CT molecular complexity index is 981. The fourth-order valence-corrected chi connectivity index (χ4v) is 4.32. The summed E-state index contributed by atoms with van der Waals surface area (Å²) in [6.07, 6.45) is 6.90. The highest BCUT2D eigenvalue weighted by atomic mass is 32.2. The number of methoxy groups -OCH3 is 1. The van der Waals surface area contributed by atoms with E-state index in [4.69, 9.17) is 23.7 Å². The summed E-state index contributed by atoms with van der Waals surface area (Å²) in [4.78, 5) is 14.0. The first kappa shape index (κ1) is 22.6. The molecule has 32 heavy (non-hydrogen) atoms. The Balaban J connectivity index is 1.53. The lowest BCUT2D eigenvalue weighted by Gasteiger charge is -2.24. The van der Waals surface area contributed by atoms with E-state index in [1.54, 1.807) is 31.0 Å². The van der Waals surface area contributed by atoms with Gasteiger partial charge in [-0.05, 0) is 49.1 Å². The van der Waals surface area contributed by atoms with Gasteiger partial charge in [-0.15, -0.1) is 0 Å². The van der Waals surface area contributed by atoms with Crippen molar-refractivity contribution in [2.75, 3.05) is 26.3 Å². The van der Waals surface area contributed by atoms with Gasteiger partial charge in [-0.3, -0.25) is 4.79 Å². The summed E-state index contributed by atoms with van der Waals surface area (Å²) in [5.74, 6) is 2.98. The van der Waals surface area contributed by atoms with Crippen molar-refractivity contribution in [2.24, 2.45) is 0 Å². The van der Waals surface area contributed by atoms with Gasteiger partial charge in [0.1, 0.15) is 17.4 Å². The number of carbonyl (C=O) groups excluding carboxylic acids is 1. The second kappa shape index (κ2) is 10.8. The molecule has 2 aromatic carbocycles. The number of carbonyl (C=O) groups is 1. The van der Waals surface area contributed by atoms with E-state index in [0.29, 0.717) is 42.0 Å². The van der Waals surface area contributed by atoms with Gasteiger partial charge in [0.2, 0.25) is 0 Å².